The van der Waals surface area contributed by atoms with E-state index >= 15 is 0 Å². The summed E-state index contributed by atoms with van der Waals surface area (Å²) in [6.45, 7) is 1.08. The molecular weight excluding hydrogens is 292 g/mol. The second-order valence-electron chi connectivity index (χ2n) is 6.37. The smallest absolute Gasteiger partial charge is 0.249 e. The molecule has 2 heterocycles. The molecule has 3 rings (SSSR count). The lowest BCUT2D eigenvalue weighted by atomic mass is 9.87. The van der Waals surface area contributed by atoms with Crippen LogP contribution in [0, 0.1) is 0 Å². The first kappa shape index (κ1) is 15.8. The van der Waals surface area contributed by atoms with Crippen molar-refractivity contribution in [1.82, 2.24) is 20.0 Å². The summed E-state index contributed by atoms with van der Waals surface area (Å²) in [6, 6.07) is 1.81. The molecule has 1 aromatic rings. The third-order valence-electron chi connectivity index (χ3n) is 4.92. The minimum absolute atomic E-state index is 0.0867. The maximum Gasteiger partial charge on any atom is 0.249 e. The van der Waals surface area contributed by atoms with Gasteiger partial charge in [0.15, 0.2) is 5.54 Å². The molecule has 0 spiro atoms. The molecule has 1 aliphatic heterocycles. The number of aromatic nitrogens is 2. The van der Waals surface area contributed by atoms with E-state index in [1.807, 2.05) is 17.2 Å². The Hall–Kier alpha value is -2.11. The highest BCUT2D eigenvalue weighted by atomic mass is 16.2. The summed E-state index contributed by atoms with van der Waals surface area (Å²) in [5, 5.41) is 7.04. The number of hydrogen-bond donors (Lipinski definition) is 1. The van der Waals surface area contributed by atoms with Crippen molar-refractivity contribution in [3.8, 4) is 0 Å². The van der Waals surface area contributed by atoms with Crippen LogP contribution in [0.5, 0.6) is 0 Å². The minimum Gasteiger partial charge on any atom is -0.357 e. The zero-order valence-corrected chi connectivity index (χ0v) is 13.6. The van der Waals surface area contributed by atoms with Crippen molar-refractivity contribution < 1.29 is 9.59 Å². The van der Waals surface area contributed by atoms with Gasteiger partial charge in [-0.1, -0.05) is 6.08 Å². The summed E-state index contributed by atoms with van der Waals surface area (Å²) >= 11 is 0. The zero-order chi connectivity index (χ0) is 16.3. The lowest BCUT2D eigenvalue weighted by Crippen LogP contribution is -2.59. The summed E-state index contributed by atoms with van der Waals surface area (Å²) in [7, 11) is 1.64. The van der Waals surface area contributed by atoms with Crippen LogP contribution in [0.1, 0.15) is 38.5 Å². The number of allylic oxidation sites excluding steroid dienone is 1. The fourth-order valence-corrected chi connectivity index (χ4v) is 3.68. The second kappa shape index (κ2) is 6.56. The van der Waals surface area contributed by atoms with Crippen molar-refractivity contribution in [3.63, 3.8) is 0 Å². The predicted octanol–water partition coefficient (Wildman–Crippen LogP) is 1.45. The van der Waals surface area contributed by atoms with E-state index in [9.17, 15) is 9.59 Å². The van der Waals surface area contributed by atoms with Crippen LogP contribution in [0.4, 0.5) is 0 Å². The maximum atomic E-state index is 12.8. The van der Waals surface area contributed by atoms with E-state index in [1.54, 1.807) is 17.9 Å². The number of carbonyl (C=O) groups is 2. The summed E-state index contributed by atoms with van der Waals surface area (Å²) in [6.07, 6.45) is 11.1. The van der Waals surface area contributed by atoms with Crippen LogP contribution in [-0.2, 0) is 15.1 Å². The summed E-state index contributed by atoms with van der Waals surface area (Å²) in [5.41, 5.74) is 0.103. The highest BCUT2D eigenvalue weighted by Gasteiger charge is 2.45. The first-order chi connectivity index (χ1) is 11.2. The Labute approximate surface area is 136 Å². The molecule has 2 amide bonds. The highest BCUT2D eigenvalue weighted by Crippen LogP contribution is 2.30. The Balaban J connectivity index is 1.86. The van der Waals surface area contributed by atoms with Gasteiger partial charge in [0.05, 0.1) is 6.54 Å². The average Bonchev–Trinajstić information content (AvgIpc) is 3.16. The van der Waals surface area contributed by atoms with Crippen LogP contribution in [0.3, 0.4) is 0 Å². The van der Waals surface area contributed by atoms with Crippen molar-refractivity contribution >= 4 is 11.8 Å². The summed E-state index contributed by atoms with van der Waals surface area (Å²) < 4.78 is 1.71. The molecule has 1 unspecified atom stereocenters. The Morgan fingerprint density at radius 3 is 2.83 bits per heavy atom. The van der Waals surface area contributed by atoms with Gasteiger partial charge in [0.25, 0.3) is 0 Å². The number of nitrogens with zero attached hydrogens (tertiary/aromatic N) is 3. The molecule has 1 atom stereocenters. The maximum absolute atomic E-state index is 12.8. The number of amides is 2. The molecular formula is C17H24N4O2. The SMILES string of the molecule is CNC(=O)C1(n2cccn2)CCCN(C(=O)C2=CCCCC2)C1. The molecule has 1 aliphatic carbocycles. The van der Waals surface area contributed by atoms with Crippen molar-refractivity contribution in [2.45, 2.75) is 44.1 Å². The zero-order valence-electron chi connectivity index (χ0n) is 13.6. The third kappa shape index (κ3) is 2.90. The van der Waals surface area contributed by atoms with E-state index in [1.165, 1.54) is 0 Å². The van der Waals surface area contributed by atoms with E-state index in [0.717, 1.165) is 37.7 Å². The Morgan fingerprint density at radius 2 is 2.17 bits per heavy atom. The van der Waals surface area contributed by atoms with Gasteiger partial charge >= 0.3 is 0 Å². The van der Waals surface area contributed by atoms with Crippen molar-refractivity contribution in [3.05, 3.63) is 30.1 Å². The number of hydrogen-bond acceptors (Lipinski definition) is 3. The molecule has 1 saturated heterocycles. The third-order valence-corrected chi connectivity index (χ3v) is 4.92. The van der Waals surface area contributed by atoms with Crippen molar-refractivity contribution in [2.24, 2.45) is 0 Å². The monoisotopic (exact) mass is 316 g/mol. The van der Waals surface area contributed by atoms with Crippen LogP contribution in [-0.4, -0.2) is 46.6 Å². The molecule has 0 aromatic carbocycles. The van der Waals surface area contributed by atoms with Gasteiger partial charge in [-0.15, -0.1) is 0 Å². The van der Waals surface area contributed by atoms with E-state index < -0.39 is 5.54 Å². The molecule has 0 bridgehead atoms. The highest BCUT2D eigenvalue weighted by molar-refractivity contribution is 5.94. The quantitative estimate of drug-likeness (QED) is 0.918. The van der Waals surface area contributed by atoms with Gasteiger partial charge in [0.1, 0.15) is 0 Å². The number of nitrogens with one attached hydrogen (secondary N) is 1. The normalized spacial score (nSPS) is 24.9. The molecule has 6 nitrogen and oxygen atoms in total. The first-order valence-electron chi connectivity index (χ1n) is 8.38. The van der Waals surface area contributed by atoms with Gasteiger partial charge < -0.3 is 10.2 Å². The van der Waals surface area contributed by atoms with E-state index in [2.05, 4.69) is 16.5 Å². The average molecular weight is 316 g/mol. The van der Waals surface area contributed by atoms with Crippen molar-refractivity contribution in [1.29, 1.82) is 0 Å². The molecule has 124 valence electrons. The fraction of sp³-hybridized carbons (Fsp3) is 0.588. The standard InChI is InChI=1S/C17H24N4O2/c1-18-16(23)17(21-12-6-10-19-21)9-5-11-20(13-17)15(22)14-7-3-2-4-8-14/h6-7,10,12H,2-5,8-9,11,13H2,1H3,(H,18,23). The van der Waals surface area contributed by atoms with E-state index in [0.29, 0.717) is 19.5 Å². The fourth-order valence-electron chi connectivity index (χ4n) is 3.68. The molecule has 0 saturated carbocycles. The number of piperidine rings is 1. The number of rotatable bonds is 3. The van der Waals surface area contributed by atoms with Crippen LogP contribution >= 0.6 is 0 Å². The van der Waals surface area contributed by atoms with Gasteiger partial charge in [-0.3, -0.25) is 14.3 Å². The second-order valence-corrected chi connectivity index (χ2v) is 6.37. The molecule has 1 aromatic heterocycles. The lowest BCUT2D eigenvalue weighted by Gasteiger charge is -2.41. The number of carbonyl (C=O) groups excluding carboxylic acids is 2. The molecule has 23 heavy (non-hydrogen) atoms. The summed E-state index contributed by atoms with van der Waals surface area (Å²) in [4.78, 5) is 27.3. The Bertz CT molecular complexity index is 608. The molecule has 2 aliphatic rings. The first-order valence-corrected chi connectivity index (χ1v) is 8.38. The van der Waals surface area contributed by atoms with Gasteiger partial charge in [-0.2, -0.15) is 5.10 Å². The number of likely N-dealkylation sites (tertiary alicyclic amines) is 1. The topological polar surface area (TPSA) is 67.2 Å². The van der Waals surface area contributed by atoms with Gasteiger partial charge in [-0.25, -0.2) is 0 Å². The molecule has 0 radical (unpaired) electrons. The summed E-state index contributed by atoms with van der Waals surface area (Å²) in [5.74, 6) is 0.00107. The molecule has 6 heteroatoms. The van der Waals surface area contributed by atoms with E-state index in [4.69, 9.17) is 0 Å². The Morgan fingerprint density at radius 1 is 1.30 bits per heavy atom. The lowest BCUT2D eigenvalue weighted by molar-refractivity contribution is -0.138. The minimum atomic E-state index is -0.804. The van der Waals surface area contributed by atoms with Gasteiger partial charge in [0.2, 0.25) is 11.8 Å². The Kier molecular flexibility index (Phi) is 4.50. The molecule has 1 fully saturated rings. The van der Waals surface area contributed by atoms with Crippen LogP contribution < -0.4 is 5.32 Å². The van der Waals surface area contributed by atoms with Gasteiger partial charge in [0, 0.05) is 31.6 Å². The van der Waals surface area contributed by atoms with Gasteiger partial charge in [-0.05, 0) is 44.6 Å². The van der Waals surface area contributed by atoms with Crippen LogP contribution in [0.2, 0.25) is 0 Å². The van der Waals surface area contributed by atoms with Crippen LogP contribution in [0.25, 0.3) is 0 Å². The largest absolute Gasteiger partial charge is 0.357 e. The van der Waals surface area contributed by atoms with E-state index in [-0.39, 0.29) is 11.8 Å². The predicted molar refractivity (Wildman–Crippen MR) is 86.6 cm³/mol. The van der Waals surface area contributed by atoms with Crippen LogP contribution in [0.15, 0.2) is 30.1 Å². The van der Waals surface area contributed by atoms with Crippen molar-refractivity contribution in [2.75, 3.05) is 20.1 Å². The molecule has 1 N–H and O–H groups in total. The number of likely N-dealkylation sites (N-methyl/N-ethyl adjacent to an activating group) is 1.